The summed E-state index contributed by atoms with van der Waals surface area (Å²) in [6.45, 7) is 6.33. The van der Waals surface area contributed by atoms with Gasteiger partial charge in [-0.15, -0.1) is 11.3 Å². The average Bonchev–Trinajstić information content (AvgIpc) is 2.76. The van der Waals surface area contributed by atoms with Crippen LogP contribution in [0.4, 0.5) is 0 Å². The van der Waals surface area contributed by atoms with Crippen LogP contribution < -0.4 is 0 Å². The van der Waals surface area contributed by atoms with Gasteiger partial charge in [0.05, 0.1) is 0 Å². The summed E-state index contributed by atoms with van der Waals surface area (Å²) in [7, 11) is -1.71. The molecule has 0 saturated carbocycles. The molecule has 6 heteroatoms. The molecule has 0 saturated heterocycles. The first-order valence-corrected chi connectivity index (χ1v) is 8.44. The molecular formula is C12H20N2O2S2. The van der Waals surface area contributed by atoms with Crippen molar-refractivity contribution in [2.24, 2.45) is 0 Å². The highest BCUT2D eigenvalue weighted by atomic mass is 32.2. The van der Waals surface area contributed by atoms with Crippen molar-refractivity contribution in [1.29, 1.82) is 0 Å². The highest BCUT2D eigenvalue weighted by Gasteiger charge is 2.36. The number of nitrogens with zero attached hydrogens (tertiary/aromatic N) is 2. The molecular weight excluding hydrogens is 268 g/mol. The van der Waals surface area contributed by atoms with Crippen LogP contribution in [0.15, 0.2) is 11.4 Å². The predicted octanol–water partition coefficient (Wildman–Crippen LogP) is 2.25. The van der Waals surface area contributed by atoms with E-state index in [0.29, 0.717) is 6.54 Å². The van der Waals surface area contributed by atoms with Crippen molar-refractivity contribution >= 4 is 21.5 Å². The largest absolute Gasteiger partial charge is 0.282 e. The highest BCUT2D eigenvalue weighted by molar-refractivity contribution is 7.86. The summed E-state index contributed by atoms with van der Waals surface area (Å²) < 4.78 is 28.1. The maximum atomic E-state index is 12.5. The van der Waals surface area contributed by atoms with E-state index in [4.69, 9.17) is 0 Å². The van der Waals surface area contributed by atoms with Crippen molar-refractivity contribution in [3.63, 3.8) is 0 Å². The van der Waals surface area contributed by atoms with E-state index in [9.17, 15) is 8.42 Å². The summed E-state index contributed by atoms with van der Waals surface area (Å²) in [6.07, 6.45) is 0.822. The van der Waals surface area contributed by atoms with E-state index in [-0.39, 0.29) is 12.1 Å². The molecule has 1 aliphatic rings. The van der Waals surface area contributed by atoms with E-state index in [0.717, 1.165) is 12.0 Å². The third-order valence-corrected chi connectivity index (χ3v) is 6.85. The molecule has 0 aromatic carbocycles. The van der Waals surface area contributed by atoms with Gasteiger partial charge in [-0.3, -0.25) is 0 Å². The Balaban J connectivity index is 2.32. The Labute approximate surface area is 113 Å². The number of hydrogen-bond donors (Lipinski definition) is 0. The first kappa shape index (κ1) is 14.0. The molecule has 0 spiro atoms. The number of hydrogen-bond acceptors (Lipinski definition) is 3. The van der Waals surface area contributed by atoms with Crippen LogP contribution in [0.3, 0.4) is 0 Å². The fourth-order valence-electron chi connectivity index (χ4n) is 2.23. The Hall–Kier alpha value is -0.430. The molecule has 102 valence electrons. The summed E-state index contributed by atoms with van der Waals surface area (Å²) >= 11 is 1.72. The molecule has 2 rings (SSSR count). The standard InChI is InChI=1S/C12H20N2O2S2/c1-9(2)13(4)18(15,16)14-7-5-12-11(10(14)3)6-8-17-12/h6,8-10H,5,7H2,1-4H3/t10-/m0/s1. The molecule has 1 aliphatic heterocycles. The lowest BCUT2D eigenvalue weighted by atomic mass is 10.0. The van der Waals surface area contributed by atoms with E-state index in [1.807, 2.05) is 32.2 Å². The van der Waals surface area contributed by atoms with Gasteiger partial charge >= 0.3 is 0 Å². The average molecular weight is 288 g/mol. The lowest BCUT2D eigenvalue weighted by molar-refractivity contribution is 0.286. The van der Waals surface area contributed by atoms with Crippen molar-refractivity contribution in [2.75, 3.05) is 13.6 Å². The number of thiophene rings is 1. The second-order valence-corrected chi connectivity index (χ2v) is 7.89. The van der Waals surface area contributed by atoms with Crippen molar-refractivity contribution in [3.8, 4) is 0 Å². The monoisotopic (exact) mass is 288 g/mol. The minimum absolute atomic E-state index is 0.0222. The van der Waals surface area contributed by atoms with Crippen molar-refractivity contribution in [3.05, 3.63) is 21.9 Å². The molecule has 0 amide bonds. The van der Waals surface area contributed by atoms with Crippen LogP contribution >= 0.6 is 11.3 Å². The molecule has 0 aliphatic carbocycles. The van der Waals surface area contributed by atoms with Crippen LogP contribution in [0.1, 0.15) is 37.3 Å². The van der Waals surface area contributed by atoms with Gasteiger partial charge in [-0.1, -0.05) is 0 Å². The Morgan fingerprint density at radius 3 is 2.78 bits per heavy atom. The summed E-state index contributed by atoms with van der Waals surface area (Å²) in [5.41, 5.74) is 1.16. The molecule has 1 aromatic rings. The third kappa shape index (κ3) is 2.22. The summed E-state index contributed by atoms with van der Waals surface area (Å²) in [6, 6.07) is 1.96. The van der Waals surface area contributed by atoms with Crippen LogP contribution in [0.2, 0.25) is 0 Å². The Bertz CT molecular complexity index is 522. The SMILES string of the molecule is CC(C)N(C)S(=O)(=O)N1CCc2sccc2[C@@H]1C. The number of fused-ring (bicyclic) bond motifs is 1. The molecule has 0 N–H and O–H groups in total. The second kappa shape index (κ2) is 4.92. The maximum Gasteiger partial charge on any atom is 0.282 e. The molecule has 18 heavy (non-hydrogen) atoms. The molecule has 2 heterocycles. The van der Waals surface area contributed by atoms with Gasteiger partial charge in [-0.05, 0) is 44.2 Å². The zero-order chi connectivity index (χ0) is 13.5. The van der Waals surface area contributed by atoms with Gasteiger partial charge in [0.1, 0.15) is 0 Å². The van der Waals surface area contributed by atoms with Crippen LogP contribution in [-0.4, -0.2) is 36.7 Å². The maximum absolute atomic E-state index is 12.5. The normalized spacial score (nSPS) is 21.6. The highest BCUT2D eigenvalue weighted by Crippen LogP contribution is 2.35. The van der Waals surface area contributed by atoms with Gasteiger partial charge in [-0.25, -0.2) is 0 Å². The fraction of sp³-hybridized carbons (Fsp3) is 0.667. The van der Waals surface area contributed by atoms with Gasteiger partial charge in [0, 0.05) is 30.6 Å². The van der Waals surface area contributed by atoms with Crippen LogP contribution in [-0.2, 0) is 16.6 Å². The Morgan fingerprint density at radius 1 is 1.50 bits per heavy atom. The lowest BCUT2D eigenvalue weighted by Crippen LogP contribution is -2.47. The topological polar surface area (TPSA) is 40.6 Å². The van der Waals surface area contributed by atoms with Crippen molar-refractivity contribution in [2.45, 2.75) is 39.3 Å². The minimum atomic E-state index is -3.36. The van der Waals surface area contributed by atoms with Gasteiger partial charge in [0.25, 0.3) is 10.2 Å². The molecule has 4 nitrogen and oxygen atoms in total. The summed E-state index contributed by atoms with van der Waals surface area (Å²) in [4.78, 5) is 1.32. The van der Waals surface area contributed by atoms with Gasteiger partial charge in [-0.2, -0.15) is 17.0 Å². The number of rotatable bonds is 3. The van der Waals surface area contributed by atoms with Gasteiger partial charge < -0.3 is 0 Å². The van der Waals surface area contributed by atoms with E-state index >= 15 is 0 Å². The Morgan fingerprint density at radius 2 is 2.17 bits per heavy atom. The molecule has 0 fully saturated rings. The lowest BCUT2D eigenvalue weighted by Gasteiger charge is -2.36. The van der Waals surface area contributed by atoms with Gasteiger partial charge in [0.15, 0.2) is 0 Å². The first-order valence-electron chi connectivity index (χ1n) is 6.16. The Kier molecular flexibility index (Phi) is 3.82. The first-order chi connectivity index (χ1) is 8.35. The zero-order valence-electron chi connectivity index (χ0n) is 11.3. The molecule has 0 bridgehead atoms. The molecule has 0 radical (unpaired) electrons. The smallest absolute Gasteiger partial charge is 0.195 e. The minimum Gasteiger partial charge on any atom is -0.195 e. The fourth-order valence-corrected chi connectivity index (χ4v) is 4.90. The van der Waals surface area contributed by atoms with Gasteiger partial charge in [0.2, 0.25) is 0 Å². The van der Waals surface area contributed by atoms with Crippen molar-refractivity contribution in [1.82, 2.24) is 8.61 Å². The van der Waals surface area contributed by atoms with Crippen LogP contribution in [0, 0.1) is 0 Å². The molecule has 1 atom stereocenters. The summed E-state index contributed by atoms with van der Waals surface area (Å²) in [5.74, 6) is 0. The van der Waals surface area contributed by atoms with E-state index in [1.165, 1.54) is 9.18 Å². The third-order valence-electron chi connectivity index (χ3n) is 3.61. The van der Waals surface area contributed by atoms with E-state index in [1.54, 1.807) is 22.7 Å². The van der Waals surface area contributed by atoms with E-state index in [2.05, 4.69) is 0 Å². The zero-order valence-corrected chi connectivity index (χ0v) is 12.9. The summed E-state index contributed by atoms with van der Waals surface area (Å²) in [5, 5.41) is 2.05. The van der Waals surface area contributed by atoms with E-state index < -0.39 is 10.2 Å². The van der Waals surface area contributed by atoms with Crippen LogP contribution in [0.25, 0.3) is 0 Å². The second-order valence-electron chi connectivity index (χ2n) is 4.95. The van der Waals surface area contributed by atoms with Crippen molar-refractivity contribution < 1.29 is 8.42 Å². The quantitative estimate of drug-likeness (QED) is 0.856. The molecule has 1 aromatic heterocycles. The molecule has 0 unspecified atom stereocenters. The van der Waals surface area contributed by atoms with Crippen LogP contribution in [0.5, 0.6) is 0 Å². The predicted molar refractivity (Wildman–Crippen MR) is 75.0 cm³/mol.